The first-order valence-electron chi connectivity index (χ1n) is 8.51. The fourth-order valence-electron chi connectivity index (χ4n) is 3.66. The second kappa shape index (κ2) is 6.12. The number of rotatable bonds is 3. The second-order valence-corrected chi connectivity index (χ2v) is 6.64. The van der Waals surface area contributed by atoms with Crippen molar-refractivity contribution >= 4 is 17.5 Å². The van der Waals surface area contributed by atoms with E-state index in [0.717, 1.165) is 25.9 Å². The molecule has 0 aliphatic carbocycles. The van der Waals surface area contributed by atoms with Gasteiger partial charge in [-0.3, -0.25) is 5.73 Å². The highest BCUT2D eigenvalue weighted by Gasteiger charge is 2.45. The molecule has 0 radical (unpaired) electrons. The summed E-state index contributed by atoms with van der Waals surface area (Å²) in [7, 11) is 0. The van der Waals surface area contributed by atoms with Crippen molar-refractivity contribution in [1.29, 1.82) is 0 Å². The molecular weight excluding hydrogens is 321 g/mol. The number of benzene rings is 1. The molecule has 6 N–H and O–H groups in total. The molecule has 0 saturated carbocycles. The Kier molecular flexibility index (Phi) is 3.93. The molecule has 25 heavy (non-hydrogen) atoms. The predicted molar refractivity (Wildman–Crippen MR) is 95.3 cm³/mol. The summed E-state index contributed by atoms with van der Waals surface area (Å²) in [6.07, 6.45) is 3.68. The van der Waals surface area contributed by atoms with E-state index in [1.165, 1.54) is 6.07 Å². The molecule has 0 spiro atoms. The molecule has 2 aliphatic rings. The third kappa shape index (κ3) is 2.77. The Bertz CT molecular complexity index is 777. The zero-order valence-corrected chi connectivity index (χ0v) is 13.9. The number of nitrogens with one attached hydrogen (secondary N) is 2. The Morgan fingerprint density at radius 2 is 2.04 bits per heavy atom. The minimum atomic E-state index is -1.22. The van der Waals surface area contributed by atoms with Crippen LogP contribution in [0.1, 0.15) is 18.4 Å². The number of hydrogen-bond acceptors (Lipinski definition) is 7. The molecule has 2 aliphatic heterocycles. The van der Waals surface area contributed by atoms with Crippen LogP contribution in [-0.4, -0.2) is 29.6 Å². The largest absolute Gasteiger partial charge is 0.368 e. The molecule has 0 bridgehead atoms. The summed E-state index contributed by atoms with van der Waals surface area (Å²) >= 11 is 0. The smallest absolute Gasteiger partial charge is 0.222 e. The molecule has 1 saturated heterocycles. The minimum Gasteiger partial charge on any atom is -0.368 e. The van der Waals surface area contributed by atoms with Gasteiger partial charge in [-0.1, -0.05) is 18.2 Å². The molecule has 7 nitrogen and oxygen atoms in total. The van der Waals surface area contributed by atoms with Crippen LogP contribution in [0.3, 0.4) is 0 Å². The van der Waals surface area contributed by atoms with Gasteiger partial charge in [0.15, 0.2) is 11.6 Å². The van der Waals surface area contributed by atoms with Gasteiger partial charge in [-0.15, -0.1) is 0 Å². The van der Waals surface area contributed by atoms with Crippen LogP contribution in [0.15, 0.2) is 30.5 Å². The van der Waals surface area contributed by atoms with Crippen LogP contribution in [0.25, 0.3) is 0 Å². The Morgan fingerprint density at radius 3 is 2.80 bits per heavy atom. The maximum atomic E-state index is 14.5. The van der Waals surface area contributed by atoms with Gasteiger partial charge in [0.25, 0.3) is 0 Å². The van der Waals surface area contributed by atoms with Gasteiger partial charge in [0.1, 0.15) is 5.82 Å². The maximum Gasteiger partial charge on any atom is 0.222 e. The molecule has 2 aromatic rings. The van der Waals surface area contributed by atoms with Crippen LogP contribution in [0.2, 0.25) is 0 Å². The average molecular weight is 343 g/mol. The lowest BCUT2D eigenvalue weighted by Crippen LogP contribution is -2.57. The number of fused-ring (bicyclic) bond motifs is 1. The molecule has 132 valence electrons. The zero-order valence-electron chi connectivity index (χ0n) is 13.9. The molecule has 1 atom stereocenters. The van der Waals surface area contributed by atoms with E-state index in [9.17, 15) is 4.39 Å². The Labute approximate surface area is 145 Å². The highest BCUT2D eigenvalue weighted by atomic mass is 19.1. The van der Waals surface area contributed by atoms with Gasteiger partial charge in [-0.2, -0.15) is 4.98 Å². The molecule has 1 unspecified atom stereocenters. The van der Waals surface area contributed by atoms with Gasteiger partial charge in [0, 0.05) is 12.1 Å². The number of nitrogens with two attached hydrogens (primary N) is 2. The SMILES string of the molecule is Nc1ncc2c(n1)N(CC1CCNCC1)C(N)(c1ccccc1F)N2. The molecule has 3 heterocycles. The Morgan fingerprint density at radius 1 is 1.28 bits per heavy atom. The van der Waals surface area contributed by atoms with Gasteiger partial charge in [0.2, 0.25) is 5.95 Å². The first-order chi connectivity index (χ1) is 12.1. The number of halogens is 1. The quantitative estimate of drug-likeness (QED) is 0.663. The second-order valence-electron chi connectivity index (χ2n) is 6.64. The van der Waals surface area contributed by atoms with Gasteiger partial charge in [0.05, 0.1) is 11.9 Å². The average Bonchev–Trinajstić information content (AvgIpc) is 2.89. The van der Waals surface area contributed by atoms with Crippen LogP contribution < -0.4 is 27.0 Å². The first kappa shape index (κ1) is 16.0. The number of piperidine rings is 1. The Hall–Kier alpha value is -2.45. The molecule has 0 amide bonds. The summed E-state index contributed by atoms with van der Waals surface area (Å²) in [5.74, 6) is -0.340. The van der Waals surface area contributed by atoms with Crippen molar-refractivity contribution < 1.29 is 4.39 Å². The molecular formula is C17H22FN7. The van der Waals surface area contributed by atoms with E-state index in [0.29, 0.717) is 29.5 Å². The van der Waals surface area contributed by atoms with E-state index >= 15 is 0 Å². The lowest BCUT2D eigenvalue weighted by atomic mass is 9.96. The molecule has 4 rings (SSSR count). The van der Waals surface area contributed by atoms with Crippen molar-refractivity contribution in [3.8, 4) is 0 Å². The molecule has 1 aromatic carbocycles. The van der Waals surface area contributed by atoms with Gasteiger partial charge in [-0.05, 0) is 37.9 Å². The van der Waals surface area contributed by atoms with E-state index in [-0.39, 0.29) is 11.8 Å². The molecule has 8 heteroatoms. The van der Waals surface area contributed by atoms with Crippen molar-refractivity contribution in [3.63, 3.8) is 0 Å². The highest BCUT2D eigenvalue weighted by molar-refractivity contribution is 5.75. The number of nitrogens with zero attached hydrogens (tertiary/aromatic N) is 3. The van der Waals surface area contributed by atoms with Crippen molar-refractivity contribution in [2.24, 2.45) is 11.7 Å². The Balaban J connectivity index is 1.76. The summed E-state index contributed by atoms with van der Waals surface area (Å²) in [5, 5.41) is 6.56. The van der Waals surface area contributed by atoms with E-state index in [1.807, 2.05) is 4.90 Å². The van der Waals surface area contributed by atoms with Crippen molar-refractivity contribution in [2.45, 2.75) is 18.6 Å². The van der Waals surface area contributed by atoms with E-state index in [2.05, 4.69) is 20.6 Å². The van der Waals surface area contributed by atoms with Crippen LogP contribution >= 0.6 is 0 Å². The van der Waals surface area contributed by atoms with Gasteiger partial charge in [-0.25, -0.2) is 9.37 Å². The summed E-state index contributed by atoms with van der Waals surface area (Å²) in [4.78, 5) is 10.3. The van der Waals surface area contributed by atoms with Crippen LogP contribution in [0.5, 0.6) is 0 Å². The van der Waals surface area contributed by atoms with E-state index in [4.69, 9.17) is 11.5 Å². The number of nitrogen functional groups attached to an aromatic ring is 1. The van der Waals surface area contributed by atoms with Crippen molar-refractivity contribution in [1.82, 2.24) is 15.3 Å². The first-order valence-corrected chi connectivity index (χ1v) is 8.51. The number of hydrogen-bond donors (Lipinski definition) is 4. The predicted octanol–water partition coefficient (Wildman–Crippen LogP) is 1.20. The summed E-state index contributed by atoms with van der Waals surface area (Å²) in [5.41, 5.74) is 13.5. The third-order valence-corrected chi connectivity index (χ3v) is 4.98. The zero-order chi connectivity index (χ0) is 17.4. The maximum absolute atomic E-state index is 14.5. The van der Waals surface area contributed by atoms with Crippen molar-refractivity contribution in [2.75, 3.05) is 35.6 Å². The highest BCUT2D eigenvalue weighted by Crippen LogP contribution is 2.42. The number of anilines is 3. The summed E-state index contributed by atoms with van der Waals surface area (Å²) < 4.78 is 14.5. The fraction of sp³-hybridized carbons (Fsp3) is 0.412. The topological polar surface area (TPSA) is 105 Å². The molecule has 1 fully saturated rings. The lowest BCUT2D eigenvalue weighted by molar-refractivity contribution is 0.342. The standard InChI is InChI=1S/C17H22FN7/c18-13-4-2-1-3-12(13)17(20)24-14-9-22-16(19)23-15(14)25(17)10-11-5-7-21-8-6-11/h1-4,9,11,21,24H,5-8,10,20H2,(H2,19,22,23). The van der Waals surface area contributed by atoms with Crippen LogP contribution in [0, 0.1) is 11.7 Å². The summed E-state index contributed by atoms with van der Waals surface area (Å²) in [6.45, 7) is 2.62. The van der Waals surface area contributed by atoms with Crippen LogP contribution in [0.4, 0.5) is 21.8 Å². The minimum absolute atomic E-state index is 0.175. The summed E-state index contributed by atoms with van der Waals surface area (Å²) in [6, 6.07) is 6.54. The van der Waals surface area contributed by atoms with Gasteiger partial charge >= 0.3 is 0 Å². The lowest BCUT2D eigenvalue weighted by Gasteiger charge is -2.39. The monoisotopic (exact) mass is 343 g/mol. The van der Waals surface area contributed by atoms with Gasteiger partial charge < -0.3 is 21.3 Å². The van der Waals surface area contributed by atoms with E-state index in [1.54, 1.807) is 24.4 Å². The normalized spacial score (nSPS) is 23.4. The van der Waals surface area contributed by atoms with Crippen LogP contribution in [-0.2, 0) is 5.79 Å². The number of aromatic nitrogens is 2. The molecule has 1 aromatic heterocycles. The van der Waals surface area contributed by atoms with Crippen molar-refractivity contribution in [3.05, 3.63) is 41.8 Å². The third-order valence-electron chi connectivity index (χ3n) is 4.98. The van der Waals surface area contributed by atoms with E-state index < -0.39 is 5.79 Å². The fourth-order valence-corrected chi connectivity index (χ4v) is 3.66.